The van der Waals surface area contributed by atoms with Gasteiger partial charge >= 0.3 is 6.43 Å². The van der Waals surface area contributed by atoms with Crippen molar-refractivity contribution in [1.29, 1.82) is 0 Å². The van der Waals surface area contributed by atoms with Crippen LogP contribution in [0.3, 0.4) is 0 Å². The number of halogens is 4. The SMILES string of the molecule is CCN1CC(N2CCC(COCN(Cc3ccc(-c4nnc(C(F)F)o4)cn3)c3ccc(F)c(Cl)c3)CC2)C1. The summed E-state index contributed by atoms with van der Waals surface area (Å²) in [5, 5.41) is 7.03. The molecule has 8 nitrogen and oxygen atoms in total. The number of likely N-dealkylation sites (N-methyl/N-ethyl adjacent to an activating group) is 1. The van der Waals surface area contributed by atoms with Crippen molar-refractivity contribution in [1.82, 2.24) is 25.0 Å². The van der Waals surface area contributed by atoms with Gasteiger partial charge in [0.25, 0.3) is 5.89 Å². The van der Waals surface area contributed by atoms with Crippen molar-refractivity contribution in [3.05, 3.63) is 59.0 Å². The number of aromatic nitrogens is 3. The Labute approximate surface area is 230 Å². The molecule has 12 heteroatoms. The first kappa shape index (κ1) is 27.8. The van der Waals surface area contributed by atoms with Crippen molar-refractivity contribution in [3.63, 3.8) is 0 Å². The molecule has 2 aliphatic heterocycles. The molecule has 0 amide bonds. The Morgan fingerprint density at radius 3 is 2.59 bits per heavy atom. The van der Waals surface area contributed by atoms with Gasteiger partial charge in [-0.25, -0.2) is 4.39 Å². The van der Waals surface area contributed by atoms with E-state index < -0.39 is 18.1 Å². The molecule has 0 spiro atoms. The Kier molecular flexibility index (Phi) is 9.01. The number of piperidine rings is 1. The number of likely N-dealkylation sites (tertiary alicyclic amines) is 2. The molecule has 0 aliphatic carbocycles. The lowest BCUT2D eigenvalue weighted by Gasteiger charge is -2.47. The van der Waals surface area contributed by atoms with Crippen molar-refractivity contribution >= 4 is 17.3 Å². The van der Waals surface area contributed by atoms with Gasteiger partial charge in [-0.3, -0.25) is 9.88 Å². The monoisotopic (exact) mass is 564 g/mol. The van der Waals surface area contributed by atoms with E-state index in [4.69, 9.17) is 20.8 Å². The van der Waals surface area contributed by atoms with E-state index in [-0.39, 0.29) is 17.6 Å². The minimum absolute atomic E-state index is 0.0250. The van der Waals surface area contributed by atoms with Gasteiger partial charge in [0.05, 0.1) is 29.4 Å². The van der Waals surface area contributed by atoms with E-state index in [1.807, 2.05) is 4.90 Å². The highest BCUT2D eigenvalue weighted by molar-refractivity contribution is 6.31. The maximum absolute atomic E-state index is 13.8. The van der Waals surface area contributed by atoms with Crippen molar-refractivity contribution < 1.29 is 22.3 Å². The quantitative estimate of drug-likeness (QED) is 0.292. The molecule has 0 radical (unpaired) electrons. The first-order valence-corrected chi connectivity index (χ1v) is 13.6. The van der Waals surface area contributed by atoms with Gasteiger partial charge in [0.1, 0.15) is 12.5 Å². The van der Waals surface area contributed by atoms with Crippen LogP contribution in [0.15, 0.2) is 40.9 Å². The molecule has 2 aromatic heterocycles. The van der Waals surface area contributed by atoms with Gasteiger partial charge in [-0.1, -0.05) is 18.5 Å². The summed E-state index contributed by atoms with van der Waals surface area (Å²) in [7, 11) is 0. The van der Waals surface area contributed by atoms with Crippen molar-refractivity contribution in [2.45, 2.75) is 38.8 Å². The number of anilines is 1. The summed E-state index contributed by atoms with van der Waals surface area (Å²) in [5.74, 6) is -0.762. The lowest BCUT2D eigenvalue weighted by molar-refractivity contribution is 0.00279. The van der Waals surface area contributed by atoms with Crippen LogP contribution in [0.5, 0.6) is 0 Å². The molecular weight excluding hydrogens is 533 g/mol. The zero-order valence-electron chi connectivity index (χ0n) is 21.8. The van der Waals surface area contributed by atoms with E-state index in [1.54, 1.807) is 24.3 Å². The molecule has 1 aromatic carbocycles. The Balaban J connectivity index is 1.18. The normalized spacial score (nSPS) is 17.6. The van der Waals surface area contributed by atoms with Crippen LogP contribution < -0.4 is 4.90 Å². The van der Waals surface area contributed by atoms with Crippen LogP contribution in [-0.2, 0) is 11.3 Å². The Hall–Kier alpha value is -2.73. The van der Waals surface area contributed by atoms with Gasteiger partial charge in [0.2, 0.25) is 5.89 Å². The molecular formula is C27H32ClF3N6O2. The molecule has 210 valence electrons. The first-order valence-electron chi connectivity index (χ1n) is 13.2. The smallest absolute Gasteiger partial charge is 0.314 e. The summed E-state index contributed by atoms with van der Waals surface area (Å²) in [6.07, 6.45) is 0.870. The molecule has 3 aromatic rings. The van der Waals surface area contributed by atoms with Crippen LogP contribution in [0.4, 0.5) is 18.9 Å². The molecule has 2 saturated heterocycles. The van der Waals surface area contributed by atoms with E-state index in [1.165, 1.54) is 25.4 Å². The Bertz CT molecular complexity index is 1220. The number of alkyl halides is 2. The predicted octanol–water partition coefficient (Wildman–Crippen LogP) is 5.26. The molecule has 0 saturated carbocycles. The highest BCUT2D eigenvalue weighted by Gasteiger charge is 2.33. The number of rotatable bonds is 11. The van der Waals surface area contributed by atoms with Gasteiger partial charge in [0.15, 0.2) is 0 Å². The lowest BCUT2D eigenvalue weighted by Crippen LogP contribution is -2.60. The molecule has 39 heavy (non-hydrogen) atoms. The predicted molar refractivity (Wildman–Crippen MR) is 141 cm³/mol. The van der Waals surface area contributed by atoms with Crippen LogP contribution in [0.25, 0.3) is 11.5 Å². The summed E-state index contributed by atoms with van der Waals surface area (Å²) >= 11 is 6.06. The molecule has 2 fully saturated rings. The fraction of sp³-hybridized carbons (Fsp3) is 0.519. The second-order valence-corrected chi connectivity index (χ2v) is 10.5. The summed E-state index contributed by atoms with van der Waals surface area (Å²) in [4.78, 5) is 11.4. The van der Waals surface area contributed by atoms with Crippen molar-refractivity contribution in [2.24, 2.45) is 5.92 Å². The number of nitrogens with zero attached hydrogens (tertiary/aromatic N) is 6. The van der Waals surface area contributed by atoms with Crippen molar-refractivity contribution in [2.75, 3.05) is 51.0 Å². The van der Waals surface area contributed by atoms with Crippen LogP contribution in [-0.4, -0.2) is 77.1 Å². The molecule has 0 unspecified atom stereocenters. The summed E-state index contributed by atoms with van der Waals surface area (Å²) in [6.45, 7) is 9.16. The summed E-state index contributed by atoms with van der Waals surface area (Å²) < 4.78 is 50.5. The standard InChI is InChI=1S/C27H32ClF3N6O2/c1-2-35-14-22(15-35)36-9-7-18(8-10-36)16-38-17-37(21-5-6-24(29)23(28)11-21)13-20-4-3-19(12-32-20)26-33-34-27(39-26)25(30)31/h3-6,11-12,18,22,25H,2,7-10,13-17H2,1H3. The third-order valence-corrected chi connectivity index (χ3v) is 7.76. The van der Waals surface area contributed by atoms with Crippen LogP contribution in [0, 0.1) is 11.7 Å². The maximum atomic E-state index is 13.8. The van der Waals surface area contributed by atoms with Gasteiger partial charge in [-0.2, -0.15) is 8.78 Å². The van der Waals surface area contributed by atoms with Crippen LogP contribution in [0.1, 0.15) is 37.8 Å². The third-order valence-electron chi connectivity index (χ3n) is 7.47. The van der Waals surface area contributed by atoms with E-state index >= 15 is 0 Å². The van der Waals surface area contributed by atoms with E-state index in [0.717, 1.165) is 32.5 Å². The summed E-state index contributed by atoms with van der Waals surface area (Å²) in [6, 6.07) is 8.66. The molecule has 0 bridgehead atoms. The largest absolute Gasteiger partial charge is 0.415 e. The molecule has 0 atom stereocenters. The van der Waals surface area contributed by atoms with Crippen LogP contribution >= 0.6 is 11.6 Å². The van der Waals surface area contributed by atoms with E-state index in [2.05, 4.69) is 31.9 Å². The van der Waals surface area contributed by atoms with Gasteiger partial charge < -0.3 is 19.0 Å². The number of hydrogen-bond donors (Lipinski definition) is 0. The number of hydrogen-bond acceptors (Lipinski definition) is 8. The fourth-order valence-corrected chi connectivity index (χ4v) is 5.19. The van der Waals surface area contributed by atoms with Gasteiger partial charge in [-0.15, -0.1) is 10.2 Å². The molecule has 0 N–H and O–H groups in total. The summed E-state index contributed by atoms with van der Waals surface area (Å²) in [5.41, 5.74) is 1.82. The highest BCUT2D eigenvalue weighted by atomic mass is 35.5. The topological polar surface area (TPSA) is 70.8 Å². The molecule has 5 rings (SSSR count). The molecule has 4 heterocycles. The van der Waals surface area contributed by atoms with E-state index in [0.29, 0.717) is 42.1 Å². The Morgan fingerprint density at radius 2 is 1.95 bits per heavy atom. The number of benzene rings is 1. The maximum Gasteiger partial charge on any atom is 0.314 e. The second kappa shape index (κ2) is 12.6. The van der Waals surface area contributed by atoms with Crippen LogP contribution in [0.2, 0.25) is 5.02 Å². The minimum Gasteiger partial charge on any atom is -0.415 e. The third kappa shape index (κ3) is 6.89. The highest BCUT2D eigenvalue weighted by Crippen LogP contribution is 2.27. The van der Waals surface area contributed by atoms with Gasteiger partial charge in [0, 0.05) is 31.0 Å². The molecule has 2 aliphatic rings. The number of pyridine rings is 1. The number of ether oxygens (including phenoxy) is 1. The Morgan fingerprint density at radius 1 is 1.15 bits per heavy atom. The fourth-order valence-electron chi connectivity index (χ4n) is 5.02. The zero-order valence-corrected chi connectivity index (χ0v) is 22.5. The second-order valence-electron chi connectivity index (χ2n) is 10.1. The lowest BCUT2D eigenvalue weighted by atomic mass is 9.95. The average molecular weight is 565 g/mol. The van der Waals surface area contributed by atoms with Crippen molar-refractivity contribution in [3.8, 4) is 11.5 Å². The van der Waals surface area contributed by atoms with E-state index in [9.17, 15) is 13.2 Å². The zero-order chi connectivity index (χ0) is 27.4. The van der Waals surface area contributed by atoms with Gasteiger partial charge in [-0.05, 0) is 68.7 Å². The average Bonchev–Trinajstić information content (AvgIpc) is 3.41. The minimum atomic E-state index is -2.84. The first-order chi connectivity index (χ1) is 18.9.